The molecule has 0 aliphatic carbocycles. The van der Waals surface area contributed by atoms with Gasteiger partial charge in [-0.2, -0.15) is 7.05 Å². The minimum atomic E-state index is -2.62. The van der Waals surface area contributed by atoms with E-state index < -0.39 is 12.0 Å². The van der Waals surface area contributed by atoms with Crippen molar-refractivity contribution in [2.24, 2.45) is 0 Å². The molecule has 2 aliphatic heterocycles. The Labute approximate surface area is 184 Å². The Bertz CT molecular complexity index is 659. The maximum Gasteiger partial charge on any atom is 0.245 e. The molecule has 0 amide bonds. The molecule has 2 atom stereocenters. The molecule has 1 N–H and O–H groups in total. The smallest absolute Gasteiger partial charge is 0.245 e. The Morgan fingerprint density at radius 2 is 1.89 bits per heavy atom. The second-order valence-electron chi connectivity index (χ2n) is 6.17. The molecule has 7 heteroatoms. The molecule has 1 radical (unpaired) electrons. The third-order valence-electron chi connectivity index (χ3n) is 4.51. The molecule has 27 heavy (non-hydrogen) atoms. The van der Waals surface area contributed by atoms with Crippen molar-refractivity contribution in [2.75, 3.05) is 26.7 Å². The van der Waals surface area contributed by atoms with Crippen LogP contribution in [0.25, 0.3) is 10.6 Å². The minimum Gasteiger partial charge on any atom is -0.656 e. The first-order valence-electron chi connectivity index (χ1n) is 8.50. The Morgan fingerprint density at radius 1 is 1.22 bits per heavy atom. The van der Waals surface area contributed by atoms with E-state index in [4.69, 9.17) is 0 Å². The second kappa shape index (κ2) is 11.3. The fourth-order valence-electron chi connectivity index (χ4n) is 3.05. The molecule has 0 bridgehead atoms. The molecule has 0 spiro atoms. The van der Waals surface area contributed by atoms with Gasteiger partial charge in [-0.3, -0.25) is 0 Å². The molecule has 3 nitrogen and oxygen atoms in total. The van der Waals surface area contributed by atoms with E-state index in [1.807, 2.05) is 12.2 Å². The summed E-state index contributed by atoms with van der Waals surface area (Å²) < 4.78 is 37.8. The molecule has 1 aromatic rings. The maximum atomic E-state index is 12.9. The summed E-state index contributed by atoms with van der Waals surface area (Å²) in [5.74, 6) is -2.84. The van der Waals surface area contributed by atoms with Crippen LogP contribution in [0.15, 0.2) is 60.7 Å². The van der Waals surface area contributed by atoms with Crippen molar-refractivity contribution < 1.29 is 45.9 Å². The van der Waals surface area contributed by atoms with Crippen LogP contribution in [-0.4, -0.2) is 38.6 Å². The van der Waals surface area contributed by atoms with Crippen molar-refractivity contribution in [3.63, 3.8) is 0 Å². The molecule has 1 aromatic carbocycles. The fraction of sp³-hybridized carbons (Fsp3) is 0.400. The van der Waals surface area contributed by atoms with Gasteiger partial charge in [0.2, 0.25) is 5.92 Å². The van der Waals surface area contributed by atoms with Gasteiger partial charge in [-0.25, -0.2) is 13.2 Å². The van der Waals surface area contributed by atoms with Gasteiger partial charge >= 0.3 is 0 Å². The topological polar surface area (TPSA) is 40.2 Å². The van der Waals surface area contributed by atoms with Crippen LogP contribution in [0.3, 0.4) is 0 Å². The number of benzene rings is 1. The molecular weight excluding hydrogens is 428 g/mol. The largest absolute Gasteiger partial charge is 0.656 e. The van der Waals surface area contributed by atoms with Crippen LogP contribution in [0.4, 0.5) is 13.2 Å². The fourth-order valence-corrected chi connectivity index (χ4v) is 3.05. The second-order valence-corrected chi connectivity index (χ2v) is 6.17. The first-order valence-corrected chi connectivity index (χ1v) is 8.50. The van der Waals surface area contributed by atoms with Gasteiger partial charge in [0.05, 0.1) is 6.54 Å². The van der Waals surface area contributed by atoms with E-state index in [2.05, 4.69) is 29.1 Å². The van der Waals surface area contributed by atoms with Crippen LogP contribution >= 0.6 is 0 Å². The summed E-state index contributed by atoms with van der Waals surface area (Å²) in [5.41, 5.74) is 3.27. The number of nitrogens with one attached hydrogen (secondary N) is 1. The summed E-state index contributed by atoms with van der Waals surface area (Å²) in [4.78, 5) is 0. The molecule has 1 unspecified atom stereocenters. The predicted molar refractivity (Wildman–Crippen MR) is 100 cm³/mol. The monoisotopic (exact) mass is 452 g/mol. The summed E-state index contributed by atoms with van der Waals surface area (Å²) in [7, 11) is 1.42. The van der Waals surface area contributed by atoms with Crippen LogP contribution in [-0.2, 0) is 32.7 Å². The average Bonchev–Trinajstić information content (AvgIpc) is 3.00. The van der Waals surface area contributed by atoms with E-state index in [0.717, 1.165) is 24.1 Å². The van der Waals surface area contributed by atoms with Crippen molar-refractivity contribution in [2.45, 2.75) is 24.4 Å². The molecule has 0 saturated carbocycles. The van der Waals surface area contributed by atoms with E-state index in [1.54, 1.807) is 12.1 Å². The average molecular weight is 452 g/mol. The van der Waals surface area contributed by atoms with Crippen molar-refractivity contribution in [1.29, 1.82) is 0 Å². The number of allylic oxidation sites excluding steroid dienone is 1. The van der Waals surface area contributed by atoms with Crippen LogP contribution in [0, 0.1) is 5.82 Å². The predicted octanol–water partition coefficient (Wildman–Crippen LogP) is 4.91. The molecule has 2 aliphatic rings. The van der Waals surface area contributed by atoms with E-state index in [9.17, 15) is 13.2 Å². The van der Waals surface area contributed by atoms with Gasteiger partial charge in [-0.15, -0.1) is 6.54 Å². The van der Waals surface area contributed by atoms with Crippen LogP contribution in [0.2, 0.25) is 0 Å². The number of nitrogens with zero attached hydrogens (tertiary/aromatic N) is 2. The molecule has 1 saturated heterocycles. The SMILES string of the molecule is C=CC1=C(C=C)[C@H](c2ccc(F)cc2)[N-]CC1.C[N-]C1CNCC1(F)F.[Y]. The summed E-state index contributed by atoms with van der Waals surface area (Å²) in [5, 5.41) is 10.7. The number of halogens is 3. The van der Waals surface area contributed by atoms with Crippen LogP contribution < -0.4 is 5.32 Å². The molecule has 1 fully saturated rings. The number of hydrogen-bond acceptors (Lipinski definition) is 1. The minimum absolute atomic E-state index is 0. The molecule has 0 aromatic heterocycles. The van der Waals surface area contributed by atoms with Gasteiger partial charge in [0.15, 0.2) is 0 Å². The third kappa shape index (κ3) is 6.36. The van der Waals surface area contributed by atoms with Gasteiger partial charge in [-0.1, -0.05) is 60.7 Å². The van der Waals surface area contributed by atoms with Gasteiger partial charge in [0.1, 0.15) is 5.82 Å². The molecule has 3 rings (SSSR count). The van der Waals surface area contributed by atoms with E-state index in [-0.39, 0.29) is 51.1 Å². The first-order chi connectivity index (χ1) is 12.4. The summed E-state index contributed by atoms with van der Waals surface area (Å²) in [6, 6.07) is 5.65. The first kappa shape index (κ1) is 24.3. The Balaban J connectivity index is 0.000000310. The molecular formula is C20H24F3N3Y-2. The normalized spacial score (nSPS) is 23.7. The zero-order valence-electron chi connectivity index (χ0n) is 15.5. The summed E-state index contributed by atoms with van der Waals surface area (Å²) in [6.07, 6.45) is 4.60. The quantitative estimate of drug-likeness (QED) is 0.693. The van der Waals surface area contributed by atoms with Crippen LogP contribution in [0.5, 0.6) is 0 Å². The maximum absolute atomic E-state index is 12.9. The Kier molecular flexibility index (Phi) is 10.1. The van der Waals surface area contributed by atoms with E-state index in [1.165, 1.54) is 24.8 Å². The number of likely N-dealkylation sites (N-methyl/N-ethyl adjacent to an activating group) is 1. The van der Waals surface area contributed by atoms with Crippen molar-refractivity contribution in [1.82, 2.24) is 5.32 Å². The zero-order chi connectivity index (χ0) is 19.2. The number of rotatable bonds is 4. The van der Waals surface area contributed by atoms with Gasteiger partial charge in [0.25, 0.3) is 0 Å². The van der Waals surface area contributed by atoms with Crippen LogP contribution in [0.1, 0.15) is 18.0 Å². The van der Waals surface area contributed by atoms with Crippen molar-refractivity contribution >= 4 is 0 Å². The van der Waals surface area contributed by atoms with Crippen molar-refractivity contribution in [3.8, 4) is 0 Å². The summed E-state index contributed by atoms with van der Waals surface area (Å²) in [6.45, 7) is 8.51. The van der Waals surface area contributed by atoms with Gasteiger partial charge in [-0.05, 0) is 30.7 Å². The molecule has 2 heterocycles. The standard InChI is InChI=1S/C15H15FN.C5H9F2N2.Y/c1-3-11-9-10-17-15(14(11)4-2)12-5-7-13(16)8-6-12;1-8-4-2-9-3-5(4,6)7;/h3-8,15H,1-2,9-10H2;4,9H,2-3H2,1H3;/q2*-1;/t15-;;/m0../s1. The number of alkyl halides is 2. The Morgan fingerprint density at radius 3 is 2.33 bits per heavy atom. The summed E-state index contributed by atoms with van der Waals surface area (Å²) >= 11 is 0. The van der Waals surface area contributed by atoms with Gasteiger partial charge in [0, 0.05) is 32.7 Å². The third-order valence-corrected chi connectivity index (χ3v) is 4.51. The zero-order valence-corrected chi connectivity index (χ0v) is 18.3. The molecule has 145 valence electrons. The van der Waals surface area contributed by atoms with E-state index in [0.29, 0.717) is 6.54 Å². The number of hydrogen-bond donors (Lipinski definition) is 1. The van der Waals surface area contributed by atoms with Crippen molar-refractivity contribution in [3.05, 3.63) is 82.7 Å². The van der Waals surface area contributed by atoms with E-state index >= 15 is 0 Å². The van der Waals surface area contributed by atoms with Gasteiger partial charge < -0.3 is 16.0 Å². The Hall–Kier alpha value is -0.786.